The lowest BCUT2D eigenvalue weighted by Gasteiger charge is -2.08. The van der Waals surface area contributed by atoms with Crippen LogP contribution >= 0.6 is 15.9 Å². The molecule has 0 saturated carbocycles. The van der Waals surface area contributed by atoms with Gasteiger partial charge in [-0.05, 0) is 49.7 Å². The summed E-state index contributed by atoms with van der Waals surface area (Å²) in [7, 11) is 0. The molecule has 0 aliphatic heterocycles. The number of benzene rings is 1. The molecular formula is C14H13BrN2O. The van der Waals surface area contributed by atoms with Crippen LogP contribution in [-0.2, 0) is 0 Å². The third-order valence-electron chi connectivity index (χ3n) is 2.56. The fourth-order valence-corrected chi connectivity index (χ4v) is 2.29. The molecule has 2 rings (SSSR count). The number of aromatic nitrogens is 1. The van der Waals surface area contributed by atoms with Crippen molar-refractivity contribution in [2.45, 2.75) is 13.8 Å². The van der Waals surface area contributed by atoms with E-state index < -0.39 is 0 Å². The molecule has 18 heavy (non-hydrogen) atoms. The second kappa shape index (κ2) is 5.31. The first-order valence-electron chi connectivity index (χ1n) is 5.56. The minimum atomic E-state index is -0.129. The van der Waals surface area contributed by atoms with Gasteiger partial charge in [-0.25, -0.2) is 0 Å². The molecule has 0 bridgehead atoms. The van der Waals surface area contributed by atoms with Crippen molar-refractivity contribution in [3.63, 3.8) is 0 Å². The molecular weight excluding hydrogens is 292 g/mol. The summed E-state index contributed by atoms with van der Waals surface area (Å²) in [6.07, 6.45) is 1.70. The maximum Gasteiger partial charge on any atom is 0.255 e. The monoisotopic (exact) mass is 304 g/mol. The average molecular weight is 305 g/mol. The molecule has 92 valence electrons. The summed E-state index contributed by atoms with van der Waals surface area (Å²) >= 11 is 3.39. The van der Waals surface area contributed by atoms with E-state index in [-0.39, 0.29) is 5.91 Å². The molecule has 0 fully saturated rings. The molecule has 0 aliphatic carbocycles. The minimum absolute atomic E-state index is 0.129. The van der Waals surface area contributed by atoms with Crippen molar-refractivity contribution in [3.8, 4) is 0 Å². The van der Waals surface area contributed by atoms with Gasteiger partial charge in [0.25, 0.3) is 5.91 Å². The first-order valence-corrected chi connectivity index (χ1v) is 6.36. The Bertz CT molecular complexity index is 576. The number of halogens is 1. The van der Waals surface area contributed by atoms with Crippen molar-refractivity contribution in [2.75, 3.05) is 5.32 Å². The van der Waals surface area contributed by atoms with Crippen LogP contribution in [0.3, 0.4) is 0 Å². The van der Waals surface area contributed by atoms with Crippen LogP contribution in [0.15, 0.2) is 41.0 Å². The van der Waals surface area contributed by atoms with E-state index >= 15 is 0 Å². The predicted molar refractivity (Wildman–Crippen MR) is 75.8 cm³/mol. The van der Waals surface area contributed by atoms with Gasteiger partial charge in [-0.2, -0.15) is 0 Å². The van der Waals surface area contributed by atoms with E-state index in [1.54, 1.807) is 18.3 Å². The third-order valence-corrected chi connectivity index (χ3v) is 3.02. The Morgan fingerprint density at radius 1 is 1.28 bits per heavy atom. The first kappa shape index (κ1) is 12.8. The van der Waals surface area contributed by atoms with Gasteiger partial charge in [0, 0.05) is 16.2 Å². The summed E-state index contributed by atoms with van der Waals surface area (Å²) in [5.74, 6) is -0.129. The van der Waals surface area contributed by atoms with Crippen LogP contribution in [0, 0.1) is 13.8 Å². The Morgan fingerprint density at radius 3 is 2.72 bits per heavy atom. The lowest BCUT2D eigenvalue weighted by atomic mass is 10.1. The molecule has 0 atom stereocenters. The number of carbonyl (C=O) groups is 1. The molecule has 1 aromatic heterocycles. The highest BCUT2D eigenvalue weighted by Gasteiger charge is 2.09. The second-order valence-electron chi connectivity index (χ2n) is 4.11. The van der Waals surface area contributed by atoms with Crippen LogP contribution in [0.25, 0.3) is 0 Å². The molecule has 0 spiro atoms. The molecule has 0 unspecified atom stereocenters. The number of carbonyl (C=O) groups excluding carboxylic acids is 1. The first-order chi connectivity index (χ1) is 8.56. The van der Waals surface area contributed by atoms with Crippen molar-refractivity contribution >= 4 is 27.5 Å². The molecule has 1 N–H and O–H groups in total. The van der Waals surface area contributed by atoms with Crippen molar-refractivity contribution in [1.29, 1.82) is 0 Å². The van der Waals surface area contributed by atoms with E-state index in [0.717, 1.165) is 21.4 Å². The van der Waals surface area contributed by atoms with Gasteiger partial charge in [-0.15, -0.1) is 0 Å². The third kappa shape index (κ3) is 2.96. The van der Waals surface area contributed by atoms with Crippen LogP contribution < -0.4 is 5.32 Å². The molecule has 3 nitrogen and oxygen atoms in total. The smallest absolute Gasteiger partial charge is 0.255 e. The quantitative estimate of drug-likeness (QED) is 0.919. The number of nitrogens with zero attached hydrogens (tertiary/aromatic N) is 1. The average Bonchev–Trinajstić information content (AvgIpc) is 2.31. The van der Waals surface area contributed by atoms with Crippen LogP contribution in [0.1, 0.15) is 21.6 Å². The van der Waals surface area contributed by atoms with Gasteiger partial charge in [0.1, 0.15) is 0 Å². The van der Waals surface area contributed by atoms with E-state index in [0.29, 0.717) is 5.56 Å². The lowest BCUT2D eigenvalue weighted by molar-refractivity contribution is 0.102. The van der Waals surface area contributed by atoms with E-state index in [1.165, 1.54) is 0 Å². The summed E-state index contributed by atoms with van der Waals surface area (Å²) in [4.78, 5) is 16.2. The van der Waals surface area contributed by atoms with Gasteiger partial charge >= 0.3 is 0 Å². The number of hydrogen-bond acceptors (Lipinski definition) is 2. The highest BCUT2D eigenvalue weighted by Crippen LogP contribution is 2.17. The van der Waals surface area contributed by atoms with Gasteiger partial charge in [0.2, 0.25) is 0 Å². The Balaban J connectivity index is 2.25. The number of nitrogens with one attached hydrogen (secondary N) is 1. The van der Waals surface area contributed by atoms with Crippen molar-refractivity contribution < 1.29 is 4.79 Å². The molecule has 0 saturated heterocycles. The normalized spacial score (nSPS) is 10.2. The maximum atomic E-state index is 12.1. The summed E-state index contributed by atoms with van der Waals surface area (Å²) in [5.41, 5.74) is 3.21. The number of amides is 1. The fourth-order valence-electron chi connectivity index (χ4n) is 1.68. The maximum absolute atomic E-state index is 12.1. The Morgan fingerprint density at radius 2 is 2.06 bits per heavy atom. The molecule has 1 aromatic carbocycles. The van der Waals surface area contributed by atoms with Crippen molar-refractivity contribution in [1.82, 2.24) is 4.98 Å². The predicted octanol–water partition coefficient (Wildman–Crippen LogP) is 3.71. The van der Waals surface area contributed by atoms with Crippen molar-refractivity contribution in [3.05, 3.63) is 57.8 Å². The standard InChI is InChI=1S/C14H13BrN2O/c1-9-6-11(8-12(15)7-9)14(18)17-13-4-3-5-16-10(13)2/h3-8H,1-2H3,(H,17,18). The molecule has 1 amide bonds. The largest absolute Gasteiger partial charge is 0.320 e. The van der Waals surface area contributed by atoms with Gasteiger partial charge in [0.05, 0.1) is 11.4 Å². The van der Waals surface area contributed by atoms with E-state index in [4.69, 9.17) is 0 Å². The Hall–Kier alpha value is -1.68. The van der Waals surface area contributed by atoms with Crippen LogP contribution in [0.2, 0.25) is 0 Å². The van der Waals surface area contributed by atoms with Gasteiger partial charge in [-0.1, -0.05) is 15.9 Å². The van der Waals surface area contributed by atoms with Gasteiger partial charge in [-0.3, -0.25) is 9.78 Å². The van der Waals surface area contributed by atoms with Crippen LogP contribution in [0.5, 0.6) is 0 Å². The number of pyridine rings is 1. The zero-order valence-corrected chi connectivity index (χ0v) is 11.8. The SMILES string of the molecule is Cc1cc(Br)cc(C(=O)Nc2cccnc2C)c1. The second-order valence-corrected chi connectivity index (χ2v) is 5.02. The topological polar surface area (TPSA) is 42.0 Å². The van der Waals surface area contributed by atoms with E-state index in [2.05, 4.69) is 26.2 Å². The van der Waals surface area contributed by atoms with Crippen LogP contribution in [0.4, 0.5) is 5.69 Å². The Kier molecular flexibility index (Phi) is 3.77. The van der Waals surface area contributed by atoms with E-state index in [9.17, 15) is 4.79 Å². The zero-order chi connectivity index (χ0) is 13.1. The summed E-state index contributed by atoms with van der Waals surface area (Å²) in [5, 5.41) is 2.86. The van der Waals surface area contributed by atoms with Crippen LogP contribution in [-0.4, -0.2) is 10.9 Å². The molecule has 0 aliphatic rings. The summed E-state index contributed by atoms with van der Waals surface area (Å²) in [6, 6.07) is 9.26. The molecule has 2 aromatic rings. The van der Waals surface area contributed by atoms with Gasteiger partial charge in [0.15, 0.2) is 0 Å². The zero-order valence-electron chi connectivity index (χ0n) is 10.2. The number of rotatable bonds is 2. The number of anilines is 1. The minimum Gasteiger partial charge on any atom is -0.320 e. The highest BCUT2D eigenvalue weighted by atomic mass is 79.9. The fraction of sp³-hybridized carbons (Fsp3) is 0.143. The molecule has 4 heteroatoms. The molecule has 0 radical (unpaired) electrons. The summed E-state index contributed by atoms with van der Waals surface area (Å²) < 4.78 is 0.899. The van der Waals surface area contributed by atoms with Crippen molar-refractivity contribution in [2.24, 2.45) is 0 Å². The highest BCUT2D eigenvalue weighted by molar-refractivity contribution is 9.10. The number of aryl methyl sites for hydroxylation is 2. The van der Waals surface area contributed by atoms with Gasteiger partial charge < -0.3 is 5.32 Å². The number of hydrogen-bond donors (Lipinski definition) is 1. The van der Waals surface area contributed by atoms with E-state index in [1.807, 2.05) is 32.0 Å². The lowest BCUT2D eigenvalue weighted by Crippen LogP contribution is -2.13. The Labute approximate surface area is 114 Å². The summed E-state index contributed by atoms with van der Waals surface area (Å²) in [6.45, 7) is 3.82. The molecule has 1 heterocycles.